The summed E-state index contributed by atoms with van der Waals surface area (Å²) in [5.41, 5.74) is 1.66. The Labute approximate surface area is 189 Å². The fraction of sp³-hybridized carbons (Fsp3) is 0.556. The van der Waals surface area contributed by atoms with Gasteiger partial charge in [0.25, 0.3) is 0 Å². The monoisotopic (exact) mass is 614 g/mol. The Kier molecular flexibility index (Phi) is 6.78. The number of nitrogens with one attached hydrogen (secondary N) is 2. The Morgan fingerprint density at radius 3 is 2.52 bits per heavy atom. The van der Waals surface area contributed by atoms with Gasteiger partial charge in [-0.15, -0.1) is 0 Å². The highest BCUT2D eigenvalue weighted by atomic mass is 127. The first-order valence-electron chi connectivity index (χ1n) is 9.00. The minimum Gasteiger partial charge on any atom is -0.444 e. The molecule has 1 amide bonds. The van der Waals surface area contributed by atoms with E-state index in [1.165, 1.54) is 0 Å². The molecule has 2 heterocycles. The number of hydrogen-bond acceptors (Lipinski definition) is 4. The van der Waals surface area contributed by atoms with E-state index in [1.807, 2.05) is 31.3 Å². The van der Waals surface area contributed by atoms with Gasteiger partial charge in [-0.1, -0.05) is 0 Å². The van der Waals surface area contributed by atoms with Crippen LogP contribution in [0.4, 0.5) is 10.5 Å². The maximum absolute atomic E-state index is 12.0. The van der Waals surface area contributed by atoms with Gasteiger partial charge < -0.3 is 19.7 Å². The summed E-state index contributed by atoms with van der Waals surface area (Å²) in [4.78, 5) is 16.5. The van der Waals surface area contributed by atoms with E-state index >= 15 is 0 Å². The van der Waals surface area contributed by atoms with Crippen molar-refractivity contribution in [3.8, 4) is 0 Å². The highest BCUT2D eigenvalue weighted by Gasteiger charge is 2.25. The number of aromatic nitrogens is 2. The first kappa shape index (κ1) is 21.4. The Balaban J connectivity index is 1.62. The summed E-state index contributed by atoms with van der Waals surface area (Å²) in [7, 11) is 2.71. The zero-order chi connectivity index (χ0) is 19.8. The molecule has 1 aliphatic carbocycles. The van der Waals surface area contributed by atoms with Crippen LogP contribution in [0.1, 0.15) is 46.5 Å². The highest BCUT2D eigenvalue weighted by Crippen LogP contribution is 2.33. The van der Waals surface area contributed by atoms with Crippen molar-refractivity contribution in [1.29, 1.82) is 0 Å². The predicted octanol–water partition coefficient (Wildman–Crippen LogP) is 5.13. The van der Waals surface area contributed by atoms with Gasteiger partial charge in [-0.3, -0.25) is 0 Å². The number of rotatable bonds is 3. The lowest BCUT2D eigenvalue weighted by Crippen LogP contribution is -2.42. The van der Waals surface area contributed by atoms with Gasteiger partial charge in [0, 0.05) is 23.7 Å². The standard InChI is InChI=1S/C18H25I2N4O2P/c1-18(2,3)26-17(25)23-11-6-4-10(5-7-11)22-15-12-8-14(20)24(27)16(12)21-9-13(15)19/h8-11H,4-7,27H2,1-3H3,(H,21,22)(H,23,25)/t10-,11-. The van der Waals surface area contributed by atoms with Gasteiger partial charge in [-0.2, -0.15) is 0 Å². The Bertz CT molecular complexity index is 842. The largest absolute Gasteiger partial charge is 0.444 e. The summed E-state index contributed by atoms with van der Waals surface area (Å²) in [6, 6.07) is 2.74. The molecule has 0 bridgehead atoms. The lowest BCUT2D eigenvalue weighted by Gasteiger charge is -2.31. The average Bonchev–Trinajstić information content (AvgIpc) is 2.85. The second-order valence-electron chi connectivity index (χ2n) is 7.89. The van der Waals surface area contributed by atoms with Crippen molar-refractivity contribution in [2.75, 3.05) is 5.32 Å². The summed E-state index contributed by atoms with van der Waals surface area (Å²) in [5, 5.41) is 7.88. The molecule has 1 fully saturated rings. The van der Waals surface area contributed by atoms with Crippen LogP contribution in [0.2, 0.25) is 0 Å². The summed E-state index contributed by atoms with van der Waals surface area (Å²) >= 11 is 4.66. The molecule has 9 heteroatoms. The first-order chi connectivity index (χ1) is 12.6. The number of anilines is 1. The minimum atomic E-state index is -0.461. The molecule has 0 aliphatic heterocycles. The number of carbonyl (C=O) groups excluding carboxylic acids is 1. The Morgan fingerprint density at radius 2 is 1.89 bits per heavy atom. The number of nitrogens with zero attached hydrogens (tertiary/aromatic N) is 2. The van der Waals surface area contributed by atoms with E-state index < -0.39 is 5.60 Å². The second-order valence-corrected chi connectivity index (χ2v) is 10.7. The van der Waals surface area contributed by atoms with E-state index in [-0.39, 0.29) is 12.1 Å². The quantitative estimate of drug-likeness (QED) is 0.372. The van der Waals surface area contributed by atoms with Gasteiger partial charge >= 0.3 is 6.09 Å². The van der Waals surface area contributed by atoms with Gasteiger partial charge in [-0.25, -0.2) is 9.78 Å². The maximum atomic E-state index is 12.0. The third kappa shape index (κ3) is 5.38. The molecule has 1 saturated carbocycles. The summed E-state index contributed by atoms with van der Waals surface area (Å²) in [6.45, 7) is 5.65. The maximum Gasteiger partial charge on any atom is 0.407 e. The van der Waals surface area contributed by atoms with Gasteiger partial charge in [0.1, 0.15) is 11.2 Å². The zero-order valence-electron chi connectivity index (χ0n) is 15.7. The number of hydrogen-bond donors (Lipinski definition) is 2. The van der Waals surface area contributed by atoms with E-state index in [4.69, 9.17) is 4.74 Å². The normalized spacial score (nSPS) is 20.5. The molecule has 1 aliphatic rings. The van der Waals surface area contributed by atoms with Crippen LogP contribution in [-0.2, 0) is 4.74 Å². The van der Waals surface area contributed by atoms with Crippen LogP contribution in [0.25, 0.3) is 11.0 Å². The van der Waals surface area contributed by atoms with Crippen LogP contribution in [0.5, 0.6) is 0 Å². The third-order valence-electron chi connectivity index (χ3n) is 4.57. The molecule has 148 valence electrons. The number of pyridine rings is 1. The molecule has 6 nitrogen and oxygen atoms in total. The van der Waals surface area contributed by atoms with Gasteiger partial charge in [0.05, 0.1) is 13.0 Å². The number of ether oxygens (including phenoxy) is 1. The van der Waals surface area contributed by atoms with Crippen LogP contribution in [0.3, 0.4) is 0 Å². The highest BCUT2D eigenvalue weighted by molar-refractivity contribution is 14.1. The molecule has 1 atom stereocenters. The van der Waals surface area contributed by atoms with E-state index in [2.05, 4.69) is 76.3 Å². The molecule has 27 heavy (non-hydrogen) atoms. The molecule has 0 radical (unpaired) electrons. The Morgan fingerprint density at radius 1 is 1.26 bits per heavy atom. The molecule has 0 spiro atoms. The van der Waals surface area contributed by atoms with Crippen LogP contribution < -0.4 is 10.6 Å². The van der Waals surface area contributed by atoms with Crippen molar-refractivity contribution < 1.29 is 9.53 Å². The lowest BCUT2D eigenvalue weighted by molar-refractivity contribution is 0.0492. The number of fused-ring (bicyclic) bond motifs is 1. The van der Waals surface area contributed by atoms with Gasteiger partial charge in [0.15, 0.2) is 0 Å². The molecule has 2 aromatic heterocycles. The number of amides is 1. The fourth-order valence-electron chi connectivity index (χ4n) is 3.32. The molecule has 0 aromatic carbocycles. The molecular weight excluding hydrogens is 589 g/mol. The van der Waals surface area contributed by atoms with Crippen LogP contribution in [-0.4, -0.2) is 33.1 Å². The Hall–Kier alpha value is -0.350. The topological polar surface area (TPSA) is 68.2 Å². The smallest absolute Gasteiger partial charge is 0.407 e. The van der Waals surface area contributed by atoms with Gasteiger partial charge in [0.2, 0.25) is 0 Å². The molecule has 2 aromatic rings. The predicted molar refractivity (Wildman–Crippen MR) is 129 cm³/mol. The van der Waals surface area contributed by atoms with Crippen molar-refractivity contribution in [2.24, 2.45) is 0 Å². The molecule has 3 rings (SSSR count). The first-order valence-corrected chi connectivity index (χ1v) is 11.7. The molecular formula is C18H25I2N4O2P. The molecule has 2 N–H and O–H groups in total. The van der Waals surface area contributed by atoms with Crippen molar-refractivity contribution in [3.63, 3.8) is 0 Å². The van der Waals surface area contributed by atoms with E-state index in [9.17, 15) is 4.79 Å². The summed E-state index contributed by atoms with van der Waals surface area (Å²) < 4.78 is 9.65. The lowest BCUT2D eigenvalue weighted by atomic mass is 9.91. The van der Waals surface area contributed by atoms with Crippen molar-refractivity contribution in [2.45, 2.75) is 64.1 Å². The second kappa shape index (κ2) is 8.57. The van der Waals surface area contributed by atoms with E-state index in [0.717, 1.165) is 49.7 Å². The van der Waals surface area contributed by atoms with Crippen molar-refractivity contribution >= 4 is 77.4 Å². The van der Waals surface area contributed by atoms with Crippen molar-refractivity contribution in [3.05, 3.63) is 19.5 Å². The number of halogens is 2. The average molecular weight is 614 g/mol. The van der Waals surface area contributed by atoms with E-state index in [0.29, 0.717) is 6.04 Å². The molecule has 1 unspecified atom stereocenters. The van der Waals surface area contributed by atoms with Crippen LogP contribution >= 0.6 is 54.6 Å². The molecule has 0 saturated heterocycles. The van der Waals surface area contributed by atoms with Crippen molar-refractivity contribution in [1.82, 2.24) is 14.6 Å². The minimum absolute atomic E-state index is 0.184. The van der Waals surface area contributed by atoms with Crippen LogP contribution in [0.15, 0.2) is 12.3 Å². The summed E-state index contributed by atoms with van der Waals surface area (Å²) in [6.07, 6.45) is 5.52. The number of alkyl carbamates (subject to hydrolysis) is 1. The van der Waals surface area contributed by atoms with Gasteiger partial charge in [-0.05, 0) is 107 Å². The van der Waals surface area contributed by atoms with Crippen LogP contribution in [0, 0.1) is 7.27 Å². The zero-order valence-corrected chi connectivity index (χ0v) is 21.2. The number of carbonyl (C=O) groups is 1. The SMILES string of the molecule is CC(C)(C)OC(=O)N[C@H]1CC[C@H](Nc2c(I)cnc3c2cc(I)n3P)CC1. The van der Waals surface area contributed by atoms with E-state index in [1.54, 1.807) is 0 Å². The third-order valence-corrected chi connectivity index (χ3v) is 7.26. The fourth-order valence-corrected chi connectivity index (χ4v) is 4.72. The summed E-state index contributed by atoms with van der Waals surface area (Å²) in [5.74, 6) is 0.